The topological polar surface area (TPSA) is 87.1 Å². The first kappa shape index (κ1) is 33.1. The molecule has 2 aromatic heterocycles. The molecule has 3 fully saturated rings. The van der Waals surface area contributed by atoms with Crippen molar-refractivity contribution >= 4 is 23.0 Å². The SMILES string of the molecule is CN1CCN(C2CCN(c3cc(OCC(F)(F)F)c(Nc4cc(N5OCCC5c5ccccc5)ncn4)cc3-c3cnn(C)c3)CC2)CC1. The number of hydroxylamine groups is 1. The molecule has 0 radical (unpaired) electrons. The number of hydrogen-bond donors (Lipinski definition) is 1. The van der Waals surface area contributed by atoms with Gasteiger partial charge in [0.15, 0.2) is 12.4 Å². The molecular formula is C35H42F3N9O2. The number of anilines is 4. The van der Waals surface area contributed by atoms with Crippen molar-refractivity contribution in [3.8, 4) is 16.9 Å². The van der Waals surface area contributed by atoms with Crippen LogP contribution in [-0.2, 0) is 11.9 Å². The summed E-state index contributed by atoms with van der Waals surface area (Å²) in [6.07, 6.45) is 3.32. The minimum absolute atomic E-state index is 0.0357. The Kier molecular flexibility index (Phi) is 9.61. The van der Waals surface area contributed by atoms with Gasteiger partial charge in [0, 0.05) is 93.9 Å². The molecule has 7 rings (SSSR count). The van der Waals surface area contributed by atoms with Gasteiger partial charge >= 0.3 is 6.18 Å². The van der Waals surface area contributed by atoms with Gasteiger partial charge in [0.25, 0.3) is 0 Å². The van der Waals surface area contributed by atoms with Crippen molar-refractivity contribution in [1.82, 2.24) is 29.5 Å². The third-order valence-corrected chi connectivity index (χ3v) is 9.59. The molecule has 0 saturated carbocycles. The molecule has 5 heterocycles. The van der Waals surface area contributed by atoms with Gasteiger partial charge in [-0.1, -0.05) is 30.3 Å². The van der Waals surface area contributed by atoms with E-state index in [4.69, 9.17) is 9.57 Å². The van der Waals surface area contributed by atoms with Crippen molar-refractivity contribution in [2.45, 2.75) is 37.5 Å². The Hall–Kier alpha value is -4.40. The van der Waals surface area contributed by atoms with Crippen LogP contribution in [-0.4, -0.2) is 101 Å². The van der Waals surface area contributed by atoms with E-state index < -0.39 is 12.8 Å². The number of aryl methyl sites for hydroxylation is 1. The first-order chi connectivity index (χ1) is 23.7. The molecule has 0 bridgehead atoms. The average Bonchev–Trinajstić information content (AvgIpc) is 3.78. The van der Waals surface area contributed by atoms with Crippen LogP contribution >= 0.6 is 0 Å². The molecule has 1 N–H and O–H groups in total. The van der Waals surface area contributed by atoms with Gasteiger partial charge in [-0.2, -0.15) is 18.3 Å². The van der Waals surface area contributed by atoms with Gasteiger partial charge in [-0.25, -0.2) is 15.0 Å². The zero-order chi connectivity index (χ0) is 34.0. The van der Waals surface area contributed by atoms with Crippen LogP contribution < -0.4 is 20.0 Å². The first-order valence-electron chi connectivity index (χ1n) is 16.8. The number of rotatable bonds is 9. The molecule has 4 aromatic rings. The Morgan fingerprint density at radius 3 is 2.43 bits per heavy atom. The molecule has 2 aromatic carbocycles. The molecular weight excluding hydrogens is 635 g/mol. The highest BCUT2D eigenvalue weighted by atomic mass is 19.4. The standard InChI is InChI=1S/C35H42F3N9O2/c1-43-13-15-45(16-14-43)27-8-11-46(12-9-27)31-19-32(48-23-35(36,37)38)29(18-28(31)26-21-41-44(2)22-26)42-33-20-34(40-24-39-33)47-30(10-17-49-47)25-6-4-3-5-7-25/h3-7,18-22,24,27,30H,8-17,23H2,1-2H3,(H,39,40,42). The summed E-state index contributed by atoms with van der Waals surface area (Å²) in [5.74, 6) is 1.01. The van der Waals surface area contributed by atoms with Crippen molar-refractivity contribution in [3.05, 3.63) is 72.8 Å². The van der Waals surface area contributed by atoms with Crippen LogP contribution in [0.1, 0.15) is 30.9 Å². The van der Waals surface area contributed by atoms with E-state index in [0.717, 1.165) is 80.9 Å². The summed E-state index contributed by atoms with van der Waals surface area (Å²) in [6, 6.07) is 15.8. The maximum Gasteiger partial charge on any atom is 0.422 e. The predicted octanol–water partition coefficient (Wildman–Crippen LogP) is 5.66. The summed E-state index contributed by atoms with van der Waals surface area (Å²) in [7, 11) is 4.00. The Balaban J connectivity index is 1.19. The van der Waals surface area contributed by atoms with E-state index in [9.17, 15) is 13.2 Å². The molecule has 3 aliphatic rings. The van der Waals surface area contributed by atoms with Gasteiger partial charge in [0.2, 0.25) is 0 Å². The quantitative estimate of drug-likeness (QED) is 0.240. The van der Waals surface area contributed by atoms with Crippen molar-refractivity contribution < 1.29 is 22.7 Å². The number of nitrogens with one attached hydrogen (secondary N) is 1. The van der Waals surface area contributed by atoms with Crippen molar-refractivity contribution in [1.29, 1.82) is 0 Å². The van der Waals surface area contributed by atoms with Crippen molar-refractivity contribution in [2.24, 2.45) is 7.05 Å². The molecule has 11 nitrogen and oxygen atoms in total. The number of piperidine rings is 1. The van der Waals surface area contributed by atoms with Crippen LogP contribution in [0.15, 0.2) is 67.3 Å². The van der Waals surface area contributed by atoms with Crippen LogP contribution in [0.3, 0.4) is 0 Å². The highest BCUT2D eigenvalue weighted by Gasteiger charge is 2.32. The maximum absolute atomic E-state index is 13.5. The van der Waals surface area contributed by atoms with Gasteiger partial charge in [0.1, 0.15) is 17.9 Å². The lowest BCUT2D eigenvalue weighted by Crippen LogP contribution is -2.52. The van der Waals surface area contributed by atoms with Crippen LogP contribution in [0.4, 0.5) is 36.2 Å². The molecule has 49 heavy (non-hydrogen) atoms. The number of ether oxygens (including phenoxy) is 1. The highest BCUT2D eigenvalue weighted by molar-refractivity contribution is 5.85. The van der Waals surface area contributed by atoms with Crippen molar-refractivity contribution in [2.75, 3.05) is 74.8 Å². The summed E-state index contributed by atoms with van der Waals surface area (Å²) in [5, 5.41) is 9.41. The van der Waals surface area contributed by atoms with E-state index >= 15 is 0 Å². The lowest BCUT2D eigenvalue weighted by molar-refractivity contribution is -0.153. The lowest BCUT2D eigenvalue weighted by atomic mass is 9.98. The van der Waals surface area contributed by atoms with Crippen LogP contribution in [0.2, 0.25) is 0 Å². The van der Waals surface area contributed by atoms with Gasteiger partial charge < -0.3 is 19.9 Å². The Morgan fingerprint density at radius 2 is 1.71 bits per heavy atom. The molecule has 0 amide bonds. The van der Waals surface area contributed by atoms with E-state index in [-0.39, 0.29) is 11.8 Å². The first-order valence-corrected chi connectivity index (χ1v) is 16.8. The summed E-state index contributed by atoms with van der Waals surface area (Å²) in [6.45, 7) is 4.91. The van der Waals surface area contributed by atoms with E-state index in [2.05, 4.69) is 42.1 Å². The summed E-state index contributed by atoms with van der Waals surface area (Å²) >= 11 is 0. The second kappa shape index (κ2) is 14.2. The van der Waals surface area contributed by atoms with E-state index in [0.29, 0.717) is 30.0 Å². The molecule has 3 aliphatic heterocycles. The van der Waals surface area contributed by atoms with Gasteiger partial charge in [-0.05, 0) is 31.5 Å². The summed E-state index contributed by atoms with van der Waals surface area (Å²) < 4.78 is 47.8. The molecule has 1 atom stereocenters. The monoisotopic (exact) mass is 677 g/mol. The number of benzene rings is 2. The van der Waals surface area contributed by atoms with E-state index in [1.165, 1.54) is 6.33 Å². The number of likely N-dealkylation sites (N-methyl/N-ethyl adjacent to an activating group) is 1. The fourth-order valence-corrected chi connectivity index (χ4v) is 7.00. The Morgan fingerprint density at radius 1 is 0.939 bits per heavy atom. The molecule has 14 heteroatoms. The summed E-state index contributed by atoms with van der Waals surface area (Å²) in [5.41, 5.74) is 3.95. The second-order valence-electron chi connectivity index (χ2n) is 13.0. The maximum atomic E-state index is 13.5. The van der Waals surface area contributed by atoms with Crippen molar-refractivity contribution in [3.63, 3.8) is 0 Å². The van der Waals surface area contributed by atoms with Gasteiger partial charge in [0.05, 0.1) is 24.5 Å². The Bertz CT molecular complexity index is 1700. The zero-order valence-corrected chi connectivity index (χ0v) is 27.8. The van der Waals surface area contributed by atoms with Gasteiger partial charge in [-0.3, -0.25) is 14.4 Å². The molecule has 260 valence electrons. The fraction of sp³-hybridized carbons (Fsp3) is 0.457. The number of halogens is 3. The minimum atomic E-state index is -4.51. The normalized spacial score (nSPS) is 19.8. The smallest absolute Gasteiger partial charge is 0.422 e. The number of nitrogens with zero attached hydrogens (tertiary/aromatic N) is 8. The van der Waals surface area contributed by atoms with Crippen LogP contribution in [0, 0.1) is 0 Å². The predicted molar refractivity (Wildman–Crippen MR) is 182 cm³/mol. The third-order valence-electron chi connectivity index (χ3n) is 9.59. The van der Waals surface area contributed by atoms with E-state index in [1.807, 2.05) is 49.6 Å². The highest BCUT2D eigenvalue weighted by Crippen LogP contribution is 2.42. The summed E-state index contributed by atoms with van der Waals surface area (Å²) in [4.78, 5) is 22.0. The lowest BCUT2D eigenvalue weighted by Gasteiger charge is -2.43. The molecule has 1 unspecified atom stereocenters. The van der Waals surface area contributed by atoms with Gasteiger partial charge in [-0.15, -0.1) is 0 Å². The number of piperazine rings is 1. The van der Waals surface area contributed by atoms with E-state index in [1.54, 1.807) is 28.1 Å². The average molecular weight is 678 g/mol. The Labute approximate surface area is 284 Å². The molecule has 0 aliphatic carbocycles. The number of hydrogen-bond acceptors (Lipinski definition) is 10. The van der Waals surface area contributed by atoms with Crippen LogP contribution in [0.5, 0.6) is 5.75 Å². The van der Waals surface area contributed by atoms with Crippen LogP contribution in [0.25, 0.3) is 11.1 Å². The number of aromatic nitrogens is 4. The zero-order valence-electron chi connectivity index (χ0n) is 27.8. The third kappa shape index (κ3) is 7.76. The largest absolute Gasteiger partial charge is 0.482 e. The molecule has 0 spiro atoms. The fourth-order valence-electron chi connectivity index (χ4n) is 7.00. The number of alkyl halides is 3. The molecule has 3 saturated heterocycles. The second-order valence-corrected chi connectivity index (χ2v) is 13.0. The minimum Gasteiger partial charge on any atom is -0.482 e.